The van der Waals surface area contributed by atoms with Crippen LogP contribution < -0.4 is 0 Å². The normalized spacial score (nSPS) is 22.3. The lowest BCUT2D eigenvalue weighted by atomic mass is 10.2. The van der Waals surface area contributed by atoms with Crippen LogP contribution in [-0.2, 0) is 0 Å². The van der Waals surface area contributed by atoms with Crippen molar-refractivity contribution in [2.75, 3.05) is 26.2 Å². The van der Waals surface area contributed by atoms with Gasteiger partial charge in [0.2, 0.25) is 0 Å². The Hall–Kier alpha value is -2.04. The molecule has 2 saturated heterocycles. The molecule has 1 amide bonds. The average Bonchev–Trinajstić information content (AvgIpc) is 3.19. The van der Waals surface area contributed by atoms with Crippen LogP contribution in [0.5, 0.6) is 0 Å². The van der Waals surface area contributed by atoms with Crippen molar-refractivity contribution in [2.24, 2.45) is 5.11 Å². The Balaban J connectivity index is 1.64. The van der Waals surface area contributed by atoms with E-state index >= 15 is 0 Å². The number of hydrogen-bond donors (Lipinski definition) is 0. The molecule has 1 aromatic carbocycles. The van der Waals surface area contributed by atoms with E-state index in [0.29, 0.717) is 17.3 Å². The van der Waals surface area contributed by atoms with Crippen LogP contribution in [0.4, 0.5) is 5.69 Å². The van der Waals surface area contributed by atoms with Gasteiger partial charge in [0.05, 0.1) is 0 Å². The molecule has 3 rings (SSSR count). The molecule has 6 heteroatoms. The quantitative estimate of drug-likeness (QED) is 0.486. The Morgan fingerprint density at radius 2 is 1.90 bits per heavy atom. The minimum atomic E-state index is 0.0733. The molecule has 0 aromatic heterocycles. The molecule has 2 fully saturated rings. The third-order valence-corrected chi connectivity index (χ3v) is 4.38. The zero-order valence-electron chi connectivity index (χ0n) is 12.0. The molecule has 0 saturated carbocycles. The van der Waals surface area contributed by atoms with Crippen LogP contribution in [0.15, 0.2) is 29.4 Å². The monoisotopic (exact) mass is 285 g/mol. The number of hydrogen-bond acceptors (Lipinski definition) is 3. The standard InChI is InChI=1S/C15H19N5O/c16-18-17-13-5-3-12(4-6-13)15(21)20-10-7-14(11-20)19-8-1-2-9-19/h3-6,14H,1-2,7-11H2. The van der Waals surface area contributed by atoms with Crippen molar-refractivity contribution in [3.05, 3.63) is 40.3 Å². The molecule has 0 aliphatic carbocycles. The Labute approximate surface area is 124 Å². The summed E-state index contributed by atoms with van der Waals surface area (Å²) in [6.45, 7) is 4.01. The summed E-state index contributed by atoms with van der Waals surface area (Å²) in [5.41, 5.74) is 9.58. The van der Waals surface area contributed by atoms with Gasteiger partial charge in [0.1, 0.15) is 0 Å². The van der Waals surface area contributed by atoms with E-state index in [0.717, 1.165) is 19.5 Å². The van der Waals surface area contributed by atoms with Crippen molar-refractivity contribution in [2.45, 2.75) is 25.3 Å². The fourth-order valence-electron chi connectivity index (χ4n) is 3.24. The summed E-state index contributed by atoms with van der Waals surface area (Å²) < 4.78 is 0. The van der Waals surface area contributed by atoms with Crippen molar-refractivity contribution >= 4 is 11.6 Å². The molecule has 21 heavy (non-hydrogen) atoms. The van der Waals surface area contributed by atoms with Crippen molar-refractivity contribution in [1.82, 2.24) is 9.80 Å². The largest absolute Gasteiger partial charge is 0.337 e. The third-order valence-electron chi connectivity index (χ3n) is 4.38. The lowest BCUT2D eigenvalue weighted by Crippen LogP contribution is -2.37. The predicted octanol–water partition coefficient (Wildman–Crippen LogP) is 2.94. The van der Waals surface area contributed by atoms with Crippen LogP contribution in [0.1, 0.15) is 29.6 Å². The number of carbonyl (C=O) groups excluding carboxylic acids is 1. The van der Waals surface area contributed by atoms with Gasteiger partial charge in [0, 0.05) is 35.3 Å². The molecule has 2 heterocycles. The molecular formula is C15H19N5O. The van der Waals surface area contributed by atoms with Crippen LogP contribution in [-0.4, -0.2) is 47.9 Å². The summed E-state index contributed by atoms with van der Waals surface area (Å²) in [4.78, 5) is 19.7. The number of benzene rings is 1. The van der Waals surface area contributed by atoms with E-state index < -0.39 is 0 Å². The second-order valence-electron chi connectivity index (χ2n) is 5.67. The fourth-order valence-corrected chi connectivity index (χ4v) is 3.24. The van der Waals surface area contributed by atoms with Crippen LogP contribution >= 0.6 is 0 Å². The molecule has 0 N–H and O–H groups in total. The Morgan fingerprint density at radius 3 is 2.57 bits per heavy atom. The highest BCUT2D eigenvalue weighted by Crippen LogP contribution is 2.22. The van der Waals surface area contributed by atoms with Crippen molar-refractivity contribution < 1.29 is 4.79 Å². The van der Waals surface area contributed by atoms with Gasteiger partial charge in [-0.2, -0.15) is 0 Å². The van der Waals surface area contributed by atoms with E-state index in [1.54, 1.807) is 24.3 Å². The third kappa shape index (κ3) is 3.01. The summed E-state index contributed by atoms with van der Waals surface area (Å²) in [5, 5.41) is 3.52. The van der Waals surface area contributed by atoms with E-state index in [1.165, 1.54) is 25.9 Å². The first-order valence-corrected chi connectivity index (χ1v) is 7.46. The highest BCUT2D eigenvalue weighted by atomic mass is 16.2. The number of likely N-dealkylation sites (tertiary alicyclic amines) is 2. The van der Waals surface area contributed by atoms with Gasteiger partial charge in [-0.25, -0.2) is 0 Å². The molecule has 2 aliphatic heterocycles. The lowest BCUT2D eigenvalue weighted by molar-refractivity contribution is 0.0780. The Kier molecular flexibility index (Phi) is 4.08. The second-order valence-corrected chi connectivity index (χ2v) is 5.67. The smallest absolute Gasteiger partial charge is 0.253 e. The van der Waals surface area contributed by atoms with E-state index in [-0.39, 0.29) is 5.91 Å². The highest BCUT2D eigenvalue weighted by Gasteiger charge is 2.31. The van der Waals surface area contributed by atoms with Gasteiger partial charge in [-0.1, -0.05) is 17.2 Å². The van der Waals surface area contributed by atoms with Crippen LogP contribution in [0.3, 0.4) is 0 Å². The van der Waals surface area contributed by atoms with Crippen molar-refractivity contribution in [3.8, 4) is 0 Å². The van der Waals surface area contributed by atoms with Gasteiger partial charge in [0.15, 0.2) is 0 Å². The average molecular weight is 285 g/mol. The van der Waals surface area contributed by atoms with Crippen LogP contribution in [0.25, 0.3) is 10.4 Å². The zero-order valence-corrected chi connectivity index (χ0v) is 12.0. The summed E-state index contributed by atoms with van der Waals surface area (Å²) in [7, 11) is 0. The van der Waals surface area contributed by atoms with E-state index in [1.807, 2.05) is 4.90 Å². The summed E-state index contributed by atoms with van der Waals surface area (Å²) >= 11 is 0. The van der Waals surface area contributed by atoms with Crippen molar-refractivity contribution in [3.63, 3.8) is 0 Å². The maximum atomic E-state index is 12.5. The molecule has 1 aromatic rings. The first-order chi connectivity index (χ1) is 10.3. The summed E-state index contributed by atoms with van der Waals surface area (Å²) in [6.07, 6.45) is 3.64. The Bertz CT molecular complexity index is 558. The van der Waals surface area contributed by atoms with Gasteiger partial charge < -0.3 is 4.90 Å². The molecule has 6 nitrogen and oxygen atoms in total. The molecule has 0 spiro atoms. The van der Waals surface area contributed by atoms with E-state index in [2.05, 4.69) is 14.9 Å². The minimum absolute atomic E-state index is 0.0733. The number of carbonyl (C=O) groups is 1. The molecule has 0 bridgehead atoms. The topological polar surface area (TPSA) is 72.3 Å². The van der Waals surface area contributed by atoms with Gasteiger partial charge in [-0.3, -0.25) is 9.69 Å². The molecule has 1 unspecified atom stereocenters. The fraction of sp³-hybridized carbons (Fsp3) is 0.533. The van der Waals surface area contributed by atoms with Gasteiger partial charge in [0.25, 0.3) is 5.91 Å². The van der Waals surface area contributed by atoms with Crippen LogP contribution in [0.2, 0.25) is 0 Å². The summed E-state index contributed by atoms with van der Waals surface area (Å²) in [5.74, 6) is 0.0733. The van der Waals surface area contributed by atoms with Crippen LogP contribution in [0, 0.1) is 0 Å². The minimum Gasteiger partial charge on any atom is -0.337 e. The van der Waals surface area contributed by atoms with E-state index in [9.17, 15) is 4.79 Å². The maximum Gasteiger partial charge on any atom is 0.253 e. The highest BCUT2D eigenvalue weighted by molar-refractivity contribution is 5.94. The number of amides is 1. The van der Waals surface area contributed by atoms with Gasteiger partial charge >= 0.3 is 0 Å². The van der Waals surface area contributed by atoms with Crippen molar-refractivity contribution in [1.29, 1.82) is 0 Å². The number of nitrogens with zero attached hydrogens (tertiary/aromatic N) is 5. The SMILES string of the molecule is [N-]=[N+]=Nc1ccc(C(=O)N2CCC(N3CCCC3)C2)cc1. The predicted molar refractivity (Wildman–Crippen MR) is 80.4 cm³/mol. The van der Waals surface area contributed by atoms with Gasteiger partial charge in [-0.15, -0.1) is 0 Å². The Morgan fingerprint density at radius 1 is 1.19 bits per heavy atom. The molecular weight excluding hydrogens is 266 g/mol. The lowest BCUT2D eigenvalue weighted by Gasteiger charge is -2.23. The summed E-state index contributed by atoms with van der Waals surface area (Å²) in [6, 6.07) is 7.35. The maximum absolute atomic E-state index is 12.5. The second kappa shape index (κ2) is 6.16. The molecule has 0 radical (unpaired) electrons. The number of azide groups is 1. The number of rotatable bonds is 3. The molecule has 110 valence electrons. The molecule has 2 aliphatic rings. The van der Waals surface area contributed by atoms with Gasteiger partial charge in [-0.05, 0) is 50.0 Å². The molecule has 1 atom stereocenters. The zero-order chi connectivity index (χ0) is 14.7. The first kappa shape index (κ1) is 13.9. The van der Waals surface area contributed by atoms with E-state index in [4.69, 9.17) is 5.53 Å². The first-order valence-electron chi connectivity index (χ1n) is 7.46.